The highest BCUT2D eigenvalue weighted by Gasteiger charge is 2.30. The van der Waals surface area contributed by atoms with Crippen LogP contribution in [0.4, 0.5) is 0 Å². The quantitative estimate of drug-likeness (QED) is 0.481. The average molecular weight is 465 g/mol. The Kier molecular flexibility index (Phi) is 9.99. The van der Waals surface area contributed by atoms with E-state index in [2.05, 4.69) is 36.5 Å². The van der Waals surface area contributed by atoms with Crippen molar-refractivity contribution >= 4 is 11.8 Å². The van der Waals surface area contributed by atoms with Crippen molar-refractivity contribution in [3.63, 3.8) is 0 Å². The summed E-state index contributed by atoms with van der Waals surface area (Å²) in [5.41, 5.74) is 3.43. The van der Waals surface area contributed by atoms with Crippen molar-refractivity contribution in [1.82, 2.24) is 10.2 Å². The summed E-state index contributed by atoms with van der Waals surface area (Å²) >= 11 is 0. The van der Waals surface area contributed by atoms with Gasteiger partial charge in [0.1, 0.15) is 11.8 Å². The van der Waals surface area contributed by atoms with Crippen LogP contribution >= 0.6 is 0 Å². The van der Waals surface area contributed by atoms with E-state index in [1.807, 2.05) is 31.2 Å². The Morgan fingerprint density at radius 2 is 1.56 bits per heavy atom. The van der Waals surface area contributed by atoms with Crippen LogP contribution in [0.1, 0.15) is 75.5 Å². The van der Waals surface area contributed by atoms with Crippen molar-refractivity contribution in [3.8, 4) is 5.75 Å². The van der Waals surface area contributed by atoms with Gasteiger partial charge in [-0.3, -0.25) is 9.59 Å². The van der Waals surface area contributed by atoms with Crippen LogP contribution in [0, 0.1) is 0 Å². The van der Waals surface area contributed by atoms with Gasteiger partial charge in [-0.1, -0.05) is 69.5 Å². The van der Waals surface area contributed by atoms with Crippen LogP contribution in [0.3, 0.4) is 0 Å². The zero-order valence-corrected chi connectivity index (χ0v) is 21.0. The molecule has 5 heteroatoms. The van der Waals surface area contributed by atoms with Crippen molar-refractivity contribution in [2.24, 2.45) is 0 Å². The van der Waals surface area contributed by atoms with Gasteiger partial charge in [0.05, 0.1) is 7.11 Å². The molecular formula is C29H40N2O3. The minimum atomic E-state index is -0.473. The lowest BCUT2D eigenvalue weighted by Crippen LogP contribution is -2.51. The highest BCUT2D eigenvalue weighted by atomic mass is 16.5. The van der Waals surface area contributed by atoms with Gasteiger partial charge >= 0.3 is 0 Å². The lowest BCUT2D eigenvalue weighted by Gasteiger charge is -2.33. The zero-order chi connectivity index (χ0) is 24.3. The van der Waals surface area contributed by atoms with Crippen LogP contribution in [0.2, 0.25) is 0 Å². The Morgan fingerprint density at radius 1 is 0.941 bits per heavy atom. The molecule has 1 aliphatic carbocycles. The molecule has 0 radical (unpaired) electrons. The third kappa shape index (κ3) is 7.34. The third-order valence-corrected chi connectivity index (χ3v) is 6.91. The standard InChI is InChI=1S/C29H40N2O3/c1-4-22-11-13-23(14-12-22)17-20-28(32)31(21-24-15-18-26(34-3)19-16-24)27(5-2)29(33)30-25-9-7-6-8-10-25/h11-16,18-19,25,27H,4-10,17,20-21H2,1-3H3,(H,30,33). The average Bonchev–Trinajstić information content (AvgIpc) is 2.88. The molecule has 2 aromatic carbocycles. The SMILES string of the molecule is CCc1ccc(CCC(=O)N(Cc2ccc(OC)cc2)C(CC)C(=O)NC2CCCCC2)cc1. The first-order valence-corrected chi connectivity index (χ1v) is 12.8. The molecular weight excluding hydrogens is 424 g/mol. The van der Waals surface area contributed by atoms with Crippen LogP contribution in [-0.2, 0) is 29.0 Å². The molecule has 0 heterocycles. The van der Waals surface area contributed by atoms with Gasteiger partial charge in [-0.05, 0) is 60.9 Å². The van der Waals surface area contributed by atoms with E-state index in [0.29, 0.717) is 25.8 Å². The number of carbonyl (C=O) groups excluding carboxylic acids is 2. The Bertz CT molecular complexity index is 902. The van der Waals surface area contributed by atoms with Crippen LogP contribution in [0.25, 0.3) is 0 Å². The molecule has 34 heavy (non-hydrogen) atoms. The van der Waals surface area contributed by atoms with E-state index in [0.717, 1.165) is 49.0 Å². The molecule has 1 unspecified atom stereocenters. The van der Waals surface area contributed by atoms with E-state index in [9.17, 15) is 9.59 Å². The molecule has 0 saturated heterocycles. The normalized spacial score (nSPS) is 14.9. The van der Waals surface area contributed by atoms with E-state index in [4.69, 9.17) is 4.74 Å². The van der Waals surface area contributed by atoms with Gasteiger partial charge in [0.25, 0.3) is 0 Å². The second kappa shape index (κ2) is 13.2. The van der Waals surface area contributed by atoms with Crippen LogP contribution in [-0.4, -0.2) is 35.9 Å². The number of benzene rings is 2. The van der Waals surface area contributed by atoms with E-state index in [1.54, 1.807) is 12.0 Å². The Balaban J connectivity index is 1.73. The summed E-state index contributed by atoms with van der Waals surface area (Å²) in [6, 6.07) is 15.9. The fourth-order valence-electron chi connectivity index (χ4n) is 4.73. The molecule has 0 aromatic heterocycles. The second-order valence-electron chi connectivity index (χ2n) is 9.31. The number of rotatable bonds is 11. The van der Waals surface area contributed by atoms with Crippen molar-refractivity contribution in [2.75, 3.05) is 7.11 Å². The summed E-state index contributed by atoms with van der Waals surface area (Å²) in [6.07, 6.45) is 8.27. The van der Waals surface area contributed by atoms with Crippen molar-refractivity contribution in [1.29, 1.82) is 0 Å². The van der Waals surface area contributed by atoms with Crippen molar-refractivity contribution < 1.29 is 14.3 Å². The molecule has 1 N–H and O–H groups in total. The number of hydrogen-bond donors (Lipinski definition) is 1. The molecule has 2 amide bonds. The van der Waals surface area contributed by atoms with Gasteiger partial charge < -0.3 is 15.0 Å². The van der Waals surface area contributed by atoms with E-state index < -0.39 is 6.04 Å². The van der Waals surface area contributed by atoms with E-state index >= 15 is 0 Å². The highest BCUT2D eigenvalue weighted by Crippen LogP contribution is 2.20. The maximum Gasteiger partial charge on any atom is 0.243 e. The van der Waals surface area contributed by atoms with Gasteiger partial charge in [0.2, 0.25) is 11.8 Å². The Labute approximate surface area is 204 Å². The fraction of sp³-hybridized carbons (Fsp3) is 0.517. The van der Waals surface area contributed by atoms with Gasteiger partial charge in [-0.15, -0.1) is 0 Å². The number of nitrogens with one attached hydrogen (secondary N) is 1. The smallest absolute Gasteiger partial charge is 0.243 e. The molecule has 1 atom stereocenters. The van der Waals surface area contributed by atoms with E-state index in [-0.39, 0.29) is 17.9 Å². The number of amides is 2. The number of ether oxygens (including phenoxy) is 1. The maximum atomic E-state index is 13.5. The third-order valence-electron chi connectivity index (χ3n) is 6.91. The minimum absolute atomic E-state index is 0.0148. The molecule has 1 saturated carbocycles. The monoisotopic (exact) mass is 464 g/mol. The second-order valence-corrected chi connectivity index (χ2v) is 9.31. The topological polar surface area (TPSA) is 58.6 Å². The molecule has 2 aromatic rings. The largest absolute Gasteiger partial charge is 0.497 e. The summed E-state index contributed by atoms with van der Waals surface area (Å²) in [6.45, 7) is 4.54. The molecule has 0 bridgehead atoms. The summed E-state index contributed by atoms with van der Waals surface area (Å²) in [5, 5.41) is 3.24. The molecule has 0 spiro atoms. The molecule has 3 rings (SSSR count). The van der Waals surface area contributed by atoms with Crippen LogP contribution in [0.5, 0.6) is 5.75 Å². The molecule has 5 nitrogen and oxygen atoms in total. The number of methoxy groups -OCH3 is 1. The van der Waals surface area contributed by atoms with Crippen LogP contribution < -0.4 is 10.1 Å². The Morgan fingerprint density at radius 3 is 2.15 bits per heavy atom. The predicted octanol–water partition coefficient (Wildman–Crippen LogP) is 5.45. The summed E-state index contributed by atoms with van der Waals surface area (Å²) < 4.78 is 5.27. The van der Waals surface area contributed by atoms with Gasteiger partial charge in [-0.25, -0.2) is 0 Å². The van der Waals surface area contributed by atoms with Gasteiger partial charge in [0, 0.05) is 19.0 Å². The summed E-state index contributed by atoms with van der Waals surface area (Å²) in [4.78, 5) is 28.6. The first-order valence-electron chi connectivity index (χ1n) is 12.8. The number of hydrogen-bond acceptors (Lipinski definition) is 3. The van der Waals surface area contributed by atoms with Crippen LogP contribution in [0.15, 0.2) is 48.5 Å². The molecule has 1 fully saturated rings. The van der Waals surface area contributed by atoms with Gasteiger partial charge in [-0.2, -0.15) is 0 Å². The fourth-order valence-corrected chi connectivity index (χ4v) is 4.73. The molecule has 1 aliphatic rings. The minimum Gasteiger partial charge on any atom is -0.497 e. The van der Waals surface area contributed by atoms with Gasteiger partial charge in [0.15, 0.2) is 0 Å². The van der Waals surface area contributed by atoms with Crippen molar-refractivity contribution in [2.45, 2.75) is 90.3 Å². The predicted molar refractivity (Wildman–Crippen MR) is 137 cm³/mol. The maximum absolute atomic E-state index is 13.5. The lowest BCUT2D eigenvalue weighted by atomic mass is 9.95. The number of carbonyl (C=O) groups is 2. The number of nitrogens with zero attached hydrogens (tertiary/aromatic N) is 1. The Hall–Kier alpha value is -2.82. The first kappa shape index (κ1) is 25.8. The van der Waals surface area contributed by atoms with E-state index in [1.165, 1.54) is 12.0 Å². The van der Waals surface area contributed by atoms with Crippen molar-refractivity contribution in [3.05, 3.63) is 65.2 Å². The highest BCUT2D eigenvalue weighted by molar-refractivity contribution is 5.88. The summed E-state index contributed by atoms with van der Waals surface area (Å²) in [7, 11) is 1.64. The zero-order valence-electron chi connectivity index (χ0n) is 21.0. The molecule has 0 aliphatic heterocycles. The number of aryl methyl sites for hydroxylation is 2. The summed E-state index contributed by atoms with van der Waals surface area (Å²) in [5.74, 6) is 0.767. The first-order chi connectivity index (χ1) is 16.5. The lowest BCUT2D eigenvalue weighted by molar-refractivity contribution is -0.141. The molecule has 184 valence electrons.